The molecule has 0 aliphatic heterocycles. The van der Waals surface area contributed by atoms with Crippen molar-refractivity contribution in [2.75, 3.05) is 17.2 Å². The molecule has 0 aromatic heterocycles. The van der Waals surface area contributed by atoms with E-state index >= 15 is 0 Å². The molecule has 9 heteroatoms. The Labute approximate surface area is 209 Å². The highest BCUT2D eigenvalue weighted by molar-refractivity contribution is 9.10. The number of ether oxygens (including phenoxy) is 1. The molecule has 0 spiro atoms. The lowest BCUT2D eigenvalue weighted by Crippen LogP contribution is -2.20. The van der Waals surface area contributed by atoms with Crippen molar-refractivity contribution in [1.82, 2.24) is 0 Å². The molecule has 0 heterocycles. The second-order valence-corrected chi connectivity index (χ2v) is 8.42. The number of halogens is 2. The van der Waals surface area contributed by atoms with Gasteiger partial charge in [-0.25, -0.2) is 0 Å². The van der Waals surface area contributed by atoms with Crippen molar-refractivity contribution in [3.63, 3.8) is 0 Å². The highest BCUT2D eigenvalue weighted by Gasteiger charge is 2.12. The van der Waals surface area contributed by atoms with Crippen molar-refractivity contribution in [3.05, 3.63) is 86.9 Å². The second-order valence-electron chi connectivity index (χ2n) is 7.16. The van der Waals surface area contributed by atoms with Crippen LogP contribution >= 0.6 is 27.5 Å². The van der Waals surface area contributed by atoms with Crippen LogP contribution in [-0.2, 0) is 9.59 Å². The number of nitrogens with zero attached hydrogens (tertiary/aromatic N) is 1. The van der Waals surface area contributed by atoms with Crippen molar-refractivity contribution in [3.8, 4) is 17.6 Å². The van der Waals surface area contributed by atoms with Gasteiger partial charge in [0.2, 0.25) is 0 Å². The van der Waals surface area contributed by atoms with Crippen LogP contribution in [0.15, 0.2) is 70.7 Å². The summed E-state index contributed by atoms with van der Waals surface area (Å²) in [7, 11) is 0. The molecule has 34 heavy (non-hydrogen) atoms. The molecule has 3 rings (SSSR count). The summed E-state index contributed by atoms with van der Waals surface area (Å²) in [6.07, 6.45) is 1.43. The Morgan fingerprint density at radius 1 is 1.09 bits per heavy atom. The number of nitrogens with one attached hydrogen (secondary N) is 2. The number of benzene rings is 3. The molecule has 0 bridgehead atoms. The van der Waals surface area contributed by atoms with Crippen LogP contribution in [0.1, 0.15) is 11.1 Å². The Balaban J connectivity index is 1.62. The first-order chi connectivity index (χ1) is 16.2. The number of phenolic OH excluding ortho intramolecular Hbond substituents is 1. The number of aromatic hydroxyl groups is 1. The third-order valence-electron chi connectivity index (χ3n) is 4.57. The normalized spacial score (nSPS) is 10.8. The van der Waals surface area contributed by atoms with Crippen molar-refractivity contribution in [2.45, 2.75) is 6.92 Å². The van der Waals surface area contributed by atoms with E-state index in [1.54, 1.807) is 30.3 Å². The van der Waals surface area contributed by atoms with Gasteiger partial charge < -0.3 is 20.5 Å². The molecule has 3 aromatic carbocycles. The molecule has 0 aliphatic carbocycles. The Hall–Kier alpha value is -3.80. The van der Waals surface area contributed by atoms with E-state index in [0.29, 0.717) is 32.2 Å². The Morgan fingerprint density at radius 2 is 1.79 bits per heavy atom. The molecule has 7 nitrogen and oxygen atoms in total. The number of hydrogen-bond acceptors (Lipinski definition) is 5. The number of phenols is 1. The summed E-state index contributed by atoms with van der Waals surface area (Å²) in [5.41, 5.74) is 2.39. The fourth-order valence-electron chi connectivity index (χ4n) is 2.79. The number of rotatable bonds is 7. The Morgan fingerprint density at radius 3 is 2.44 bits per heavy atom. The van der Waals surface area contributed by atoms with Gasteiger partial charge in [-0.05, 0) is 88.6 Å². The number of amides is 2. The summed E-state index contributed by atoms with van der Waals surface area (Å²) in [6.45, 7) is 1.65. The molecule has 3 N–H and O–H groups in total. The zero-order chi connectivity index (χ0) is 24.7. The van der Waals surface area contributed by atoms with E-state index in [2.05, 4.69) is 26.6 Å². The van der Waals surface area contributed by atoms with Crippen LogP contribution in [0.5, 0.6) is 11.5 Å². The molecule has 0 aliphatic rings. The summed E-state index contributed by atoms with van der Waals surface area (Å²) >= 11 is 9.45. The fourth-order valence-corrected chi connectivity index (χ4v) is 3.48. The van der Waals surface area contributed by atoms with E-state index in [0.717, 1.165) is 5.56 Å². The first kappa shape index (κ1) is 24.8. The topological polar surface area (TPSA) is 111 Å². The number of nitriles is 1. The van der Waals surface area contributed by atoms with Crippen LogP contribution in [0, 0.1) is 18.3 Å². The smallest absolute Gasteiger partial charge is 0.266 e. The maximum Gasteiger partial charge on any atom is 0.266 e. The van der Waals surface area contributed by atoms with Crippen LogP contribution in [0.3, 0.4) is 0 Å². The van der Waals surface area contributed by atoms with E-state index in [9.17, 15) is 20.0 Å². The van der Waals surface area contributed by atoms with Gasteiger partial charge in [0, 0.05) is 16.4 Å². The van der Waals surface area contributed by atoms with Crippen molar-refractivity contribution < 1.29 is 19.4 Å². The van der Waals surface area contributed by atoms with E-state index in [1.165, 1.54) is 30.3 Å². The zero-order valence-electron chi connectivity index (χ0n) is 17.9. The Bertz CT molecular complexity index is 1300. The van der Waals surface area contributed by atoms with E-state index < -0.39 is 5.91 Å². The van der Waals surface area contributed by atoms with Crippen LogP contribution in [0.25, 0.3) is 6.08 Å². The van der Waals surface area contributed by atoms with Gasteiger partial charge in [-0.3, -0.25) is 9.59 Å². The van der Waals surface area contributed by atoms with Gasteiger partial charge in [-0.15, -0.1) is 0 Å². The van der Waals surface area contributed by atoms with E-state index in [1.807, 2.05) is 19.1 Å². The molecule has 172 valence electrons. The minimum atomic E-state index is -0.586. The first-order valence-corrected chi connectivity index (χ1v) is 11.1. The molecule has 3 aromatic rings. The molecule has 0 saturated carbocycles. The molecule has 0 unspecified atom stereocenters. The minimum absolute atomic E-state index is 0.0678. The molecular formula is C25H19BrClN3O4. The lowest BCUT2D eigenvalue weighted by atomic mass is 10.1. The molecule has 2 amide bonds. The average molecular weight is 541 g/mol. The quantitative estimate of drug-likeness (QED) is 0.203. The molecule has 0 saturated heterocycles. The lowest BCUT2D eigenvalue weighted by Gasteiger charge is -2.10. The summed E-state index contributed by atoms with van der Waals surface area (Å²) in [6, 6.07) is 17.9. The van der Waals surface area contributed by atoms with Crippen molar-refractivity contribution in [2.24, 2.45) is 0 Å². The third-order valence-corrected chi connectivity index (χ3v) is 5.60. The van der Waals surface area contributed by atoms with Gasteiger partial charge in [0.25, 0.3) is 11.8 Å². The highest BCUT2D eigenvalue weighted by atomic mass is 79.9. The van der Waals surface area contributed by atoms with Gasteiger partial charge in [0.05, 0.1) is 4.47 Å². The molecule has 0 atom stereocenters. The van der Waals surface area contributed by atoms with Gasteiger partial charge in [-0.1, -0.05) is 23.7 Å². The standard InChI is InChI=1S/C25H19BrClN3O4/c1-15-2-4-19(12-22(15)27)29-24(32)14-34-23-9-3-16(11-21(23)26)10-17(13-28)25(33)30-18-5-7-20(31)8-6-18/h2-12,31H,14H2,1H3,(H,29,32)(H,30,33)/b17-10+. The number of carbonyl (C=O) groups excluding carboxylic acids is 2. The molecule has 0 fully saturated rings. The van der Waals surface area contributed by atoms with Crippen LogP contribution in [-0.4, -0.2) is 23.5 Å². The van der Waals surface area contributed by atoms with Gasteiger partial charge in [0.15, 0.2) is 6.61 Å². The monoisotopic (exact) mass is 539 g/mol. The fraction of sp³-hybridized carbons (Fsp3) is 0.0800. The number of carbonyl (C=O) groups is 2. The number of hydrogen-bond donors (Lipinski definition) is 3. The SMILES string of the molecule is Cc1ccc(NC(=O)COc2ccc(/C=C(\C#N)C(=O)Nc3ccc(O)cc3)cc2Br)cc1Cl. The average Bonchev–Trinajstić information content (AvgIpc) is 2.80. The maximum absolute atomic E-state index is 12.4. The van der Waals surface area contributed by atoms with Gasteiger partial charge in [-0.2, -0.15) is 5.26 Å². The van der Waals surface area contributed by atoms with Crippen molar-refractivity contribution >= 4 is 56.8 Å². The summed E-state index contributed by atoms with van der Waals surface area (Å²) < 4.78 is 6.11. The van der Waals surface area contributed by atoms with Crippen molar-refractivity contribution in [1.29, 1.82) is 5.26 Å². The first-order valence-electron chi connectivity index (χ1n) is 9.95. The number of aryl methyl sites for hydroxylation is 1. The third kappa shape index (κ3) is 6.85. The lowest BCUT2D eigenvalue weighted by molar-refractivity contribution is -0.118. The summed E-state index contributed by atoms with van der Waals surface area (Å²) in [4.78, 5) is 24.6. The number of anilines is 2. The second kappa shape index (κ2) is 11.4. The van der Waals surface area contributed by atoms with Crippen LogP contribution < -0.4 is 15.4 Å². The molecule has 0 radical (unpaired) electrons. The minimum Gasteiger partial charge on any atom is -0.508 e. The molecular weight excluding hydrogens is 522 g/mol. The summed E-state index contributed by atoms with van der Waals surface area (Å²) in [5.74, 6) is -0.453. The zero-order valence-corrected chi connectivity index (χ0v) is 20.3. The van der Waals surface area contributed by atoms with E-state index in [-0.39, 0.29) is 23.8 Å². The van der Waals surface area contributed by atoms with Gasteiger partial charge in [0.1, 0.15) is 23.1 Å². The van der Waals surface area contributed by atoms with Crippen LogP contribution in [0.4, 0.5) is 11.4 Å². The highest BCUT2D eigenvalue weighted by Crippen LogP contribution is 2.27. The van der Waals surface area contributed by atoms with Gasteiger partial charge >= 0.3 is 0 Å². The predicted molar refractivity (Wildman–Crippen MR) is 135 cm³/mol. The van der Waals surface area contributed by atoms with E-state index in [4.69, 9.17) is 16.3 Å². The summed E-state index contributed by atoms with van der Waals surface area (Å²) in [5, 5.41) is 24.6. The predicted octanol–water partition coefficient (Wildman–Crippen LogP) is 5.68. The maximum atomic E-state index is 12.4. The Kier molecular flexibility index (Phi) is 8.30. The van der Waals surface area contributed by atoms with Crippen LogP contribution in [0.2, 0.25) is 5.02 Å². The largest absolute Gasteiger partial charge is 0.508 e.